The summed E-state index contributed by atoms with van der Waals surface area (Å²) in [7, 11) is 0. The Morgan fingerprint density at radius 3 is 1.30 bits per heavy atom. The lowest BCUT2D eigenvalue weighted by Crippen LogP contribution is -2.19. The first-order chi connectivity index (χ1) is 8.69. The standard InChI is InChI=1S/C19H35N/c1-11-14(17(2,3)4)12-15(18(5,6)7)13-16(20)19(8,9)10/h11-13H,20H2,1-10H3/b14-11+,15-12+,16-13-. The summed E-state index contributed by atoms with van der Waals surface area (Å²) < 4.78 is 0. The molecular weight excluding hydrogens is 242 g/mol. The van der Waals surface area contributed by atoms with Crippen molar-refractivity contribution in [1.29, 1.82) is 0 Å². The molecule has 0 saturated carbocycles. The largest absolute Gasteiger partial charge is 0.402 e. The SMILES string of the molecule is C\C=C(/C=C(\C=C(/N)C(C)(C)C)C(C)(C)C)C(C)(C)C. The number of hydrogen-bond acceptors (Lipinski definition) is 1. The Kier molecular flexibility index (Phi) is 5.89. The van der Waals surface area contributed by atoms with E-state index in [1.54, 1.807) is 0 Å². The van der Waals surface area contributed by atoms with Gasteiger partial charge in [-0.3, -0.25) is 0 Å². The molecule has 0 radical (unpaired) electrons. The molecule has 0 aromatic heterocycles. The molecule has 0 aliphatic carbocycles. The Labute approximate surface area is 127 Å². The average Bonchev–Trinajstić information content (AvgIpc) is 2.18. The van der Waals surface area contributed by atoms with Gasteiger partial charge in [0, 0.05) is 11.1 Å². The fraction of sp³-hybridized carbons (Fsp3) is 0.684. The van der Waals surface area contributed by atoms with Gasteiger partial charge in [0.25, 0.3) is 0 Å². The van der Waals surface area contributed by atoms with Gasteiger partial charge in [-0.1, -0.05) is 74.5 Å². The van der Waals surface area contributed by atoms with Crippen LogP contribution in [0.2, 0.25) is 0 Å². The minimum absolute atomic E-state index is 0.00215. The molecule has 0 amide bonds. The van der Waals surface area contributed by atoms with Gasteiger partial charge in [-0.25, -0.2) is 0 Å². The van der Waals surface area contributed by atoms with Gasteiger partial charge in [0.15, 0.2) is 0 Å². The molecule has 0 rings (SSSR count). The van der Waals surface area contributed by atoms with Crippen molar-refractivity contribution in [2.45, 2.75) is 69.2 Å². The van der Waals surface area contributed by atoms with Crippen LogP contribution < -0.4 is 5.73 Å². The van der Waals surface area contributed by atoms with E-state index < -0.39 is 0 Å². The summed E-state index contributed by atoms with van der Waals surface area (Å²) in [6.07, 6.45) is 6.67. The van der Waals surface area contributed by atoms with Crippen LogP contribution in [-0.4, -0.2) is 0 Å². The lowest BCUT2D eigenvalue weighted by atomic mass is 9.78. The van der Waals surface area contributed by atoms with Crippen LogP contribution in [0, 0.1) is 16.2 Å². The van der Waals surface area contributed by atoms with Crippen molar-refractivity contribution in [1.82, 2.24) is 0 Å². The number of allylic oxidation sites excluding steroid dienone is 6. The van der Waals surface area contributed by atoms with Crippen LogP contribution in [0.5, 0.6) is 0 Å². The maximum Gasteiger partial charge on any atom is 0.0138 e. The first-order valence-electron chi connectivity index (χ1n) is 7.56. The Hall–Kier alpha value is -0.980. The third-order valence-corrected chi connectivity index (χ3v) is 3.53. The summed E-state index contributed by atoms with van der Waals surface area (Å²) in [4.78, 5) is 0. The van der Waals surface area contributed by atoms with Gasteiger partial charge in [-0.05, 0) is 35.0 Å². The van der Waals surface area contributed by atoms with Gasteiger partial charge < -0.3 is 5.73 Å². The van der Waals surface area contributed by atoms with Crippen LogP contribution in [0.4, 0.5) is 0 Å². The molecule has 0 bridgehead atoms. The van der Waals surface area contributed by atoms with Crippen molar-refractivity contribution < 1.29 is 0 Å². The van der Waals surface area contributed by atoms with Gasteiger partial charge in [0.05, 0.1) is 0 Å². The number of nitrogens with two attached hydrogens (primary N) is 1. The molecule has 0 unspecified atom stereocenters. The summed E-state index contributed by atoms with van der Waals surface area (Å²) in [5.41, 5.74) is 10.1. The zero-order chi connectivity index (χ0) is 16.4. The van der Waals surface area contributed by atoms with Crippen LogP contribution in [-0.2, 0) is 0 Å². The zero-order valence-corrected chi connectivity index (χ0v) is 15.3. The van der Waals surface area contributed by atoms with Gasteiger partial charge in [0.2, 0.25) is 0 Å². The van der Waals surface area contributed by atoms with Crippen molar-refractivity contribution in [3.63, 3.8) is 0 Å². The van der Waals surface area contributed by atoms with E-state index in [1.807, 2.05) is 0 Å². The fourth-order valence-electron chi connectivity index (χ4n) is 1.76. The zero-order valence-electron chi connectivity index (χ0n) is 15.3. The fourth-order valence-corrected chi connectivity index (χ4v) is 1.76. The van der Waals surface area contributed by atoms with Crippen LogP contribution in [0.25, 0.3) is 0 Å². The van der Waals surface area contributed by atoms with E-state index >= 15 is 0 Å². The summed E-state index contributed by atoms with van der Waals surface area (Å²) >= 11 is 0. The lowest BCUT2D eigenvalue weighted by Gasteiger charge is -2.28. The topological polar surface area (TPSA) is 26.0 Å². The molecule has 0 atom stereocenters. The molecule has 20 heavy (non-hydrogen) atoms. The third-order valence-electron chi connectivity index (χ3n) is 3.53. The van der Waals surface area contributed by atoms with Crippen molar-refractivity contribution in [2.24, 2.45) is 22.0 Å². The third kappa shape index (κ3) is 5.98. The summed E-state index contributed by atoms with van der Waals surface area (Å²) in [6, 6.07) is 0. The highest BCUT2D eigenvalue weighted by Crippen LogP contribution is 2.34. The van der Waals surface area contributed by atoms with Crippen molar-refractivity contribution >= 4 is 0 Å². The molecular formula is C19H35N. The van der Waals surface area contributed by atoms with Crippen LogP contribution >= 0.6 is 0 Å². The first-order valence-corrected chi connectivity index (χ1v) is 7.56. The second kappa shape index (κ2) is 6.20. The Bertz CT molecular complexity index is 412. The molecule has 0 aliphatic rings. The van der Waals surface area contributed by atoms with Crippen molar-refractivity contribution in [2.75, 3.05) is 0 Å². The molecule has 0 spiro atoms. The molecule has 116 valence electrons. The predicted octanol–water partition coefficient (Wildman–Crippen LogP) is 5.84. The van der Waals surface area contributed by atoms with Gasteiger partial charge in [0.1, 0.15) is 0 Å². The van der Waals surface area contributed by atoms with E-state index in [2.05, 4.69) is 87.5 Å². The monoisotopic (exact) mass is 277 g/mol. The first kappa shape index (κ1) is 19.0. The van der Waals surface area contributed by atoms with Crippen LogP contribution in [0.1, 0.15) is 69.2 Å². The molecule has 0 aliphatic heterocycles. The van der Waals surface area contributed by atoms with Crippen LogP contribution in [0.15, 0.2) is 35.1 Å². The number of hydrogen-bond donors (Lipinski definition) is 1. The molecule has 0 fully saturated rings. The highest BCUT2D eigenvalue weighted by atomic mass is 14.6. The minimum atomic E-state index is 0.00215. The van der Waals surface area contributed by atoms with Gasteiger partial charge in [-0.2, -0.15) is 0 Å². The average molecular weight is 277 g/mol. The Balaban J connectivity index is 5.87. The van der Waals surface area contributed by atoms with Crippen LogP contribution in [0.3, 0.4) is 0 Å². The quantitative estimate of drug-likeness (QED) is 0.630. The van der Waals surface area contributed by atoms with Gasteiger partial charge >= 0.3 is 0 Å². The van der Waals surface area contributed by atoms with Gasteiger partial charge in [-0.15, -0.1) is 0 Å². The Morgan fingerprint density at radius 1 is 0.650 bits per heavy atom. The van der Waals surface area contributed by atoms with E-state index in [0.717, 1.165) is 5.70 Å². The van der Waals surface area contributed by atoms with E-state index in [4.69, 9.17) is 5.73 Å². The predicted molar refractivity (Wildman–Crippen MR) is 92.5 cm³/mol. The van der Waals surface area contributed by atoms with Crippen molar-refractivity contribution in [3.8, 4) is 0 Å². The molecule has 0 saturated heterocycles. The normalized spacial score (nSPS) is 16.6. The van der Waals surface area contributed by atoms with E-state index in [9.17, 15) is 0 Å². The maximum absolute atomic E-state index is 6.28. The minimum Gasteiger partial charge on any atom is -0.402 e. The maximum atomic E-state index is 6.28. The van der Waals surface area contributed by atoms with E-state index in [0.29, 0.717) is 0 Å². The molecule has 1 heteroatoms. The molecule has 0 aromatic rings. The molecule has 0 aromatic carbocycles. The molecule has 0 heterocycles. The smallest absolute Gasteiger partial charge is 0.0138 e. The summed E-state index contributed by atoms with van der Waals surface area (Å²) in [5, 5.41) is 0. The Morgan fingerprint density at radius 2 is 1.05 bits per heavy atom. The summed E-state index contributed by atoms with van der Waals surface area (Å²) in [5.74, 6) is 0. The highest BCUT2D eigenvalue weighted by Gasteiger charge is 2.22. The van der Waals surface area contributed by atoms with Crippen molar-refractivity contribution in [3.05, 3.63) is 35.1 Å². The number of rotatable bonds is 2. The molecule has 2 N–H and O–H groups in total. The highest BCUT2D eigenvalue weighted by molar-refractivity contribution is 5.38. The molecule has 1 nitrogen and oxygen atoms in total. The second-order valence-electron chi connectivity index (χ2n) is 8.69. The van der Waals surface area contributed by atoms with E-state index in [-0.39, 0.29) is 16.2 Å². The second-order valence-corrected chi connectivity index (χ2v) is 8.69. The van der Waals surface area contributed by atoms with E-state index in [1.165, 1.54) is 11.1 Å². The lowest BCUT2D eigenvalue weighted by molar-refractivity contribution is 0.480. The summed E-state index contributed by atoms with van der Waals surface area (Å²) in [6.45, 7) is 22.0.